The van der Waals surface area contributed by atoms with Crippen LogP contribution in [0.4, 0.5) is 0 Å². The molecule has 1 aliphatic heterocycles. The molecule has 1 aromatic carbocycles. The number of carbonyl (C=O) groups is 1. The van der Waals surface area contributed by atoms with Crippen molar-refractivity contribution in [2.24, 2.45) is 0 Å². The summed E-state index contributed by atoms with van der Waals surface area (Å²) in [4.78, 5) is 13.4. The molecule has 0 aliphatic carbocycles. The molecule has 1 heterocycles. The fourth-order valence-corrected chi connectivity index (χ4v) is 2.43. The number of nitrogens with zero attached hydrogens (tertiary/aromatic N) is 1. The average Bonchev–Trinajstić information content (AvgIpc) is 2.76. The van der Waals surface area contributed by atoms with Crippen molar-refractivity contribution < 1.29 is 19.7 Å². The number of amides is 1. The Hall–Kier alpha value is -1.37. The van der Waals surface area contributed by atoms with Gasteiger partial charge in [-0.3, -0.25) is 4.79 Å². The maximum atomic E-state index is 12.0. The topological polar surface area (TPSA) is 70.0 Å². The van der Waals surface area contributed by atoms with Gasteiger partial charge in [0.15, 0.2) is 0 Å². The first kappa shape index (κ1) is 15.0. The Morgan fingerprint density at radius 2 is 2.05 bits per heavy atom. The Labute approximate surface area is 125 Å². The van der Waals surface area contributed by atoms with Gasteiger partial charge in [-0.2, -0.15) is 0 Å². The maximum absolute atomic E-state index is 12.0. The molecule has 0 spiro atoms. The summed E-state index contributed by atoms with van der Waals surface area (Å²) in [7, 11) is 1.57. The van der Waals surface area contributed by atoms with Crippen LogP contribution >= 0.6 is 15.9 Å². The van der Waals surface area contributed by atoms with E-state index in [1.54, 1.807) is 19.3 Å². The lowest BCUT2D eigenvalue weighted by atomic mass is 10.2. The van der Waals surface area contributed by atoms with E-state index in [0.717, 1.165) is 10.0 Å². The van der Waals surface area contributed by atoms with Gasteiger partial charge in [0.25, 0.3) is 0 Å². The van der Waals surface area contributed by atoms with Crippen LogP contribution in [-0.2, 0) is 4.79 Å². The zero-order chi connectivity index (χ0) is 14.7. The van der Waals surface area contributed by atoms with E-state index in [1.807, 2.05) is 12.1 Å². The second kappa shape index (κ2) is 6.39. The van der Waals surface area contributed by atoms with E-state index >= 15 is 0 Å². The number of aliphatic hydroxyl groups excluding tert-OH is 2. The normalized spacial score (nSPS) is 22.5. The van der Waals surface area contributed by atoms with Crippen molar-refractivity contribution in [3.05, 3.63) is 34.3 Å². The maximum Gasteiger partial charge on any atom is 0.246 e. The number of ether oxygens (including phenoxy) is 1. The van der Waals surface area contributed by atoms with Crippen LogP contribution in [0, 0.1) is 0 Å². The molecule has 2 atom stereocenters. The molecule has 0 bridgehead atoms. The average molecular weight is 342 g/mol. The number of likely N-dealkylation sites (tertiary alicyclic amines) is 1. The first-order valence-corrected chi connectivity index (χ1v) is 6.97. The Morgan fingerprint density at radius 1 is 1.40 bits per heavy atom. The number of hydrogen-bond donors (Lipinski definition) is 2. The van der Waals surface area contributed by atoms with Crippen LogP contribution in [0.2, 0.25) is 0 Å². The molecule has 0 aromatic heterocycles. The summed E-state index contributed by atoms with van der Waals surface area (Å²) in [5.41, 5.74) is 0.774. The Kier molecular flexibility index (Phi) is 4.80. The monoisotopic (exact) mass is 341 g/mol. The molecule has 108 valence electrons. The number of methoxy groups -OCH3 is 1. The molecule has 0 saturated carbocycles. The third kappa shape index (κ3) is 3.39. The molecule has 2 rings (SSSR count). The van der Waals surface area contributed by atoms with Crippen molar-refractivity contribution in [3.63, 3.8) is 0 Å². The zero-order valence-electron chi connectivity index (χ0n) is 11.0. The lowest BCUT2D eigenvalue weighted by molar-refractivity contribution is -0.125. The van der Waals surface area contributed by atoms with E-state index < -0.39 is 12.2 Å². The summed E-state index contributed by atoms with van der Waals surface area (Å²) in [6.07, 6.45) is 1.33. The van der Waals surface area contributed by atoms with Crippen LogP contribution in [-0.4, -0.2) is 53.4 Å². The number of aliphatic hydroxyl groups is 2. The van der Waals surface area contributed by atoms with E-state index in [1.165, 1.54) is 11.0 Å². The lowest BCUT2D eigenvalue weighted by Gasteiger charge is -2.12. The van der Waals surface area contributed by atoms with Gasteiger partial charge in [0.05, 0.1) is 19.3 Å². The molecule has 2 N–H and O–H groups in total. The fraction of sp³-hybridized carbons (Fsp3) is 0.357. The molecule has 0 unspecified atom stereocenters. The Bertz CT molecular complexity index is 522. The summed E-state index contributed by atoms with van der Waals surface area (Å²) in [5.74, 6) is 0.418. The van der Waals surface area contributed by atoms with Crippen LogP contribution in [0.1, 0.15) is 5.56 Å². The summed E-state index contributed by atoms with van der Waals surface area (Å²) < 4.78 is 6.10. The lowest BCUT2D eigenvalue weighted by Crippen LogP contribution is -2.27. The van der Waals surface area contributed by atoms with Gasteiger partial charge in [-0.15, -0.1) is 0 Å². The van der Waals surface area contributed by atoms with Gasteiger partial charge in [0.2, 0.25) is 5.91 Å². The predicted octanol–water partition coefficient (Wildman–Crippen LogP) is 1.03. The number of benzene rings is 1. The highest BCUT2D eigenvalue weighted by Gasteiger charge is 2.31. The van der Waals surface area contributed by atoms with E-state index in [2.05, 4.69) is 15.9 Å². The number of β-amino-alcohol motifs (C(OH)–C–C–N with tert-alkyl or cyclic N) is 2. The molecule has 5 nitrogen and oxygen atoms in total. The minimum Gasteiger partial charge on any atom is -0.496 e. The van der Waals surface area contributed by atoms with Crippen molar-refractivity contribution >= 4 is 27.9 Å². The highest BCUT2D eigenvalue weighted by atomic mass is 79.9. The third-order valence-corrected chi connectivity index (χ3v) is 3.66. The van der Waals surface area contributed by atoms with E-state index in [-0.39, 0.29) is 19.0 Å². The molecule has 0 radical (unpaired) electrons. The van der Waals surface area contributed by atoms with Crippen molar-refractivity contribution in [2.75, 3.05) is 20.2 Å². The Morgan fingerprint density at radius 3 is 2.65 bits per heavy atom. The van der Waals surface area contributed by atoms with Crippen LogP contribution in [0.15, 0.2) is 28.7 Å². The van der Waals surface area contributed by atoms with E-state index in [9.17, 15) is 15.0 Å². The summed E-state index contributed by atoms with van der Waals surface area (Å²) in [6.45, 7) is 0.305. The van der Waals surface area contributed by atoms with Crippen molar-refractivity contribution in [2.45, 2.75) is 12.2 Å². The molecule has 1 amide bonds. The molecule has 1 fully saturated rings. The van der Waals surface area contributed by atoms with Gasteiger partial charge in [-0.25, -0.2) is 0 Å². The standard InChI is InChI=1S/C14H16BrNO4/c1-20-13-4-3-10(15)6-9(13)2-5-14(19)16-7-11(17)12(18)8-16/h2-6,11-12,17-18H,7-8H2,1H3/t11-,12+. The van der Waals surface area contributed by atoms with Gasteiger partial charge >= 0.3 is 0 Å². The number of hydrogen-bond acceptors (Lipinski definition) is 4. The van der Waals surface area contributed by atoms with Gasteiger partial charge in [-0.05, 0) is 24.3 Å². The van der Waals surface area contributed by atoms with Crippen LogP contribution < -0.4 is 4.74 Å². The molecular weight excluding hydrogens is 326 g/mol. The highest BCUT2D eigenvalue weighted by molar-refractivity contribution is 9.10. The van der Waals surface area contributed by atoms with Crippen molar-refractivity contribution in [1.82, 2.24) is 4.90 Å². The highest BCUT2D eigenvalue weighted by Crippen LogP contribution is 2.24. The molecule has 1 aromatic rings. The van der Waals surface area contributed by atoms with Gasteiger partial charge < -0.3 is 19.8 Å². The van der Waals surface area contributed by atoms with Crippen molar-refractivity contribution in [3.8, 4) is 5.75 Å². The quantitative estimate of drug-likeness (QED) is 0.806. The summed E-state index contributed by atoms with van der Waals surface area (Å²) in [5, 5.41) is 18.9. The molecule has 20 heavy (non-hydrogen) atoms. The Balaban J connectivity index is 2.09. The number of carbonyl (C=O) groups excluding carboxylic acids is 1. The molecular formula is C14H16BrNO4. The van der Waals surface area contributed by atoms with Gasteiger partial charge in [0, 0.05) is 29.2 Å². The van der Waals surface area contributed by atoms with E-state index in [0.29, 0.717) is 5.75 Å². The predicted molar refractivity (Wildman–Crippen MR) is 78.3 cm³/mol. The molecule has 1 aliphatic rings. The first-order valence-electron chi connectivity index (χ1n) is 6.18. The number of rotatable bonds is 3. The van der Waals surface area contributed by atoms with Gasteiger partial charge in [-0.1, -0.05) is 15.9 Å². The SMILES string of the molecule is COc1ccc(Br)cc1C=CC(=O)N1C[C@@H](O)[C@@H](O)C1. The fourth-order valence-electron chi connectivity index (χ4n) is 2.05. The number of halogens is 1. The minimum atomic E-state index is -0.868. The van der Waals surface area contributed by atoms with Gasteiger partial charge in [0.1, 0.15) is 5.75 Å². The van der Waals surface area contributed by atoms with Crippen LogP contribution in [0.5, 0.6) is 5.75 Å². The summed E-state index contributed by atoms with van der Waals surface area (Å²) in [6, 6.07) is 5.50. The smallest absolute Gasteiger partial charge is 0.246 e. The van der Waals surface area contributed by atoms with E-state index in [4.69, 9.17) is 4.74 Å². The first-order chi connectivity index (χ1) is 9.51. The molecule has 6 heteroatoms. The van der Waals surface area contributed by atoms with Crippen LogP contribution in [0.25, 0.3) is 6.08 Å². The second-order valence-electron chi connectivity index (χ2n) is 4.60. The van der Waals surface area contributed by atoms with Crippen LogP contribution in [0.3, 0.4) is 0 Å². The summed E-state index contributed by atoms with van der Waals surface area (Å²) >= 11 is 3.36. The third-order valence-electron chi connectivity index (χ3n) is 3.17. The second-order valence-corrected chi connectivity index (χ2v) is 5.51. The zero-order valence-corrected chi connectivity index (χ0v) is 12.6. The molecule has 1 saturated heterocycles. The largest absolute Gasteiger partial charge is 0.496 e. The minimum absolute atomic E-state index is 0.153. The van der Waals surface area contributed by atoms with Crippen molar-refractivity contribution in [1.29, 1.82) is 0 Å².